The summed E-state index contributed by atoms with van der Waals surface area (Å²) in [6.45, 7) is 0. The zero-order valence-electron chi connectivity index (χ0n) is 10.6. The average molecular weight is 326 g/mol. The molecule has 0 saturated heterocycles. The van der Waals surface area contributed by atoms with E-state index in [1.807, 2.05) is 12.1 Å². The van der Waals surface area contributed by atoms with Crippen LogP contribution in [0.25, 0.3) is 0 Å². The first-order valence-electron chi connectivity index (χ1n) is 5.93. The maximum atomic E-state index is 10.0. The van der Waals surface area contributed by atoms with Gasteiger partial charge in [-0.15, -0.1) is 0 Å². The van der Waals surface area contributed by atoms with Gasteiger partial charge in [0.2, 0.25) is 0 Å². The quantitative estimate of drug-likeness (QED) is 0.886. The first kappa shape index (κ1) is 14.0. The van der Waals surface area contributed by atoms with Crippen LogP contribution in [-0.4, -0.2) is 18.3 Å². The molecule has 2 aromatic rings. The number of aromatic hydroxyl groups is 1. The highest BCUT2D eigenvalue weighted by Gasteiger charge is 2.13. The summed E-state index contributed by atoms with van der Waals surface area (Å²) in [6.07, 6.45) is 2.80. The molecule has 1 heterocycles. The van der Waals surface area contributed by atoms with Crippen molar-refractivity contribution in [2.45, 2.75) is 18.9 Å². The number of benzene rings is 1. The van der Waals surface area contributed by atoms with Gasteiger partial charge in [-0.1, -0.05) is 0 Å². The van der Waals surface area contributed by atoms with Crippen molar-refractivity contribution in [1.82, 2.24) is 0 Å². The number of phenols is 1. The summed E-state index contributed by atoms with van der Waals surface area (Å²) < 4.78 is 11.0. The van der Waals surface area contributed by atoms with Crippen LogP contribution in [0.2, 0.25) is 0 Å². The molecule has 3 N–H and O–H groups in total. The van der Waals surface area contributed by atoms with Crippen LogP contribution in [0.5, 0.6) is 11.5 Å². The predicted molar refractivity (Wildman–Crippen MR) is 76.5 cm³/mol. The average Bonchev–Trinajstić information content (AvgIpc) is 2.87. The maximum absolute atomic E-state index is 10.0. The fourth-order valence-electron chi connectivity index (χ4n) is 1.94. The maximum Gasteiger partial charge on any atom is 0.133 e. The second kappa shape index (κ2) is 6.12. The third kappa shape index (κ3) is 3.52. The topological polar surface area (TPSA) is 68.6 Å². The molecule has 0 bridgehead atoms. The Labute approximate surface area is 120 Å². The number of phenolic OH excluding ortho intramolecular Hbond substituents is 1. The SMILES string of the molecule is COc1cc(Br)c(O)c(CC(N)Cc2ccco2)c1. The lowest BCUT2D eigenvalue weighted by Gasteiger charge is -2.13. The van der Waals surface area contributed by atoms with Crippen molar-refractivity contribution in [1.29, 1.82) is 0 Å². The fraction of sp³-hybridized carbons (Fsp3) is 0.286. The Kier molecular flexibility index (Phi) is 4.50. The minimum absolute atomic E-state index is 0.129. The largest absolute Gasteiger partial charge is 0.506 e. The fourth-order valence-corrected chi connectivity index (χ4v) is 2.42. The van der Waals surface area contributed by atoms with Crippen LogP contribution in [0.3, 0.4) is 0 Å². The van der Waals surface area contributed by atoms with E-state index in [1.54, 1.807) is 25.5 Å². The summed E-state index contributed by atoms with van der Waals surface area (Å²) in [5.74, 6) is 1.73. The molecule has 0 amide bonds. The lowest BCUT2D eigenvalue weighted by Crippen LogP contribution is -2.25. The molecule has 1 aromatic heterocycles. The van der Waals surface area contributed by atoms with E-state index in [4.69, 9.17) is 14.9 Å². The third-order valence-electron chi connectivity index (χ3n) is 2.88. The van der Waals surface area contributed by atoms with E-state index in [1.165, 1.54) is 0 Å². The third-order valence-corrected chi connectivity index (χ3v) is 3.48. The van der Waals surface area contributed by atoms with E-state index >= 15 is 0 Å². The molecule has 2 rings (SSSR count). The highest BCUT2D eigenvalue weighted by Crippen LogP contribution is 2.33. The zero-order chi connectivity index (χ0) is 13.8. The smallest absolute Gasteiger partial charge is 0.133 e. The predicted octanol–water partition coefficient (Wildman–Crippen LogP) is 2.87. The van der Waals surface area contributed by atoms with E-state index in [2.05, 4.69) is 15.9 Å². The standard InChI is InChI=1S/C14H16BrNO3/c1-18-12-6-9(14(17)13(15)8-12)5-10(16)7-11-3-2-4-19-11/h2-4,6,8,10,17H,5,7,16H2,1H3. The van der Waals surface area contributed by atoms with Gasteiger partial charge in [0.25, 0.3) is 0 Å². The Balaban J connectivity index is 2.11. The molecular formula is C14H16BrNO3. The Morgan fingerprint density at radius 2 is 2.21 bits per heavy atom. The van der Waals surface area contributed by atoms with Crippen molar-refractivity contribution < 1.29 is 14.3 Å². The van der Waals surface area contributed by atoms with Gasteiger partial charge in [-0.05, 0) is 46.6 Å². The Hall–Kier alpha value is -1.46. The number of ether oxygens (including phenoxy) is 1. The molecule has 0 radical (unpaired) electrons. The zero-order valence-corrected chi connectivity index (χ0v) is 12.2. The lowest BCUT2D eigenvalue weighted by molar-refractivity contribution is 0.408. The van der Waals surface area contributed by atoms with Crippen LogP contribution < -0.4 is 10.5 Å². The molecule has 0 spiro atoms. The molecule has 4 nitrogen and oxygen atoms in total. The van der Waals surface area contributed by atoms with Gasteiger partial charge in [-0.3, -0.25) is 0 Å². The number of nitrogens with two attached hydrogens (primary N) is 1. The van der Waals surface area contributed by atoms with E-state index in [-0.39, 0.29) is 11.8 Å². The molecule has 1 aromatic carbocycles. The van der Waals surface area contributed by atoms with Gasteiger partial charge in [0.05, 0.1) is 17.8 Å². The Morgan fingerprint density at radius 3 is 2.84 bits per heavy atom. The van der Waals surface area contributed by atoms with Crippen LogP contribution in [0.1, 0.15) is 11.3 Å². The van der Waals surface area contributed by atoms with Crippen LogP contribution in [-0.2, 0) is 12.8 Å². The molecule has 0 aliphatic heterocycles. The number of methoxy groups -OCH3 is 1. The number of rotatable bonds is 5. The molecule has 0 saturated carbocycles. The van der Waals surface area contributed by atoms with Gasteiger partial charge in [0, 0.05) is 18.0 Å². The van der Waals surface area contributed by atoms with E-state index in [0.29, 0.717) is 23.1 Å². The van der Waals surface area contributed by atoms with E-state index in [9.17, 15) is 5.11 Å². The highest BCUT2D eigenvalue weighted by molar-refractivity contribution is 9.10. The number of hydrogen-bond acceptors (Lipinski definition) is 4. The van der Waals surface area contributed by atoms with Gasteiger partial charge in [0.15, 0.2) is 0 Å². The Morgan fingerprint density at radius 1 is 1.42 bits per heavy atom. The van der Waals surface area contributed by atoms with Crippen LogP contribution >= 0.6 is 15.9 Å². The minimum Gasteiger partial charge on any atom is -0.506 e. The van der Waals surface area contributed by atoms with Gasteiger partial charge in [0.1, 0.15) is 17.3 Å². The van der Waals surface area contributed by atoms with E-state index in [0.717, 1.165) is 11.3 Å². The first-order chi connectivity index (χ1) is 9.10. The van der Waals surface area contributed by atoms with Crippen molar-refractivity contribution in [3.05, 3.63) is 46.3 Å². The minimum atomic E-state index is -0.129. The van der Waals surface area contributed by atoms with Gasteiger partial charge in [-0.25, -0.2) is 0 Å². The van der Waals surface area contributed by atoms with Gasteiger partial charge in [-0.2, -0.15) is 0 Å². The molecule has 0 aliphatic rings. The Bertz CT molecular complexity index is 540. The highest BCUT2D eigenvalue weighted by atomic mass is 79.9. The molecule has 19 heavy (non-hydrogen) atoms. The van der Waals surface area contributed by atoms with Crippen molar-refractivity contribution >= 4 is 15.9 Å². The van der Waals surface area contributed by atoms with E-state index < -0.39 is 0 Å². The molecule has 1 atom stereocenters. The molecule has 0 fully saturated rings. The summed E-state index contributed by atoms with van der Waals surface area (Å²) in [6, 6.07) is 7.11. The molecule has 5 heteroatoms. The number of hydrogen-bond donors (Lipinski definition) is 2. The van der Waals surface area contributed by atoms with Crippen molar-refractivity contribution in [2.24, 2.45) is 5.73 Å². The second-order valence-corrected chi connectivity index (χ2v) is 5.22. The first-order valence-corrected chi connectivity index (χ1v) is 6.72. The van der Waals surface area contributed by atoms with Crippen LogP contribution in [0.4, 0.5) is 0 Å². The number of halogens is 1. The monoisotopic (exact) mass is 325 g/mol. The molecule has 1 unspecified atom stereocenters. The van der Waals surface area contributed by atoms with Crippen LogP contribution in [0.15, 0.2) is 39.4 Å². The normalized spacial score (nSPS) is 12.4. The van der Waals surface area contributed by atoms with Gasteiger partial charge < -0.3 is 20.0 Å². The van der Waals surface area contributed by atoms with Crippen molar-refractivity contribution in [3.8, 4) is 11.5 Å². The molecular weight excluding hydrogens is 310 g/mol. The summed E-state index contributed by atoms with van der Waals surface area (Å²) in [4.78, 5) is 0. The molecule has 0 aliphatic carbocycles. The number of furan rings is 1. The molecule has 102 valence electrons. The van der Waals surface area contributed by atoms with Crippen molar-refractivity contribution in [2.75, 3.05) is 7.11 Å². The second-order valence-electron chi connectivity index (χ2n) is 4.36. The van der Waals surface area contributed by atoms with Crippen molar-refractivity contribution in [3.63, 3.8) is 0 Å². The van der Waals surface area contributed by atoms with Crippen LogP contribution in [0, 0.1) is 0 Å². The summed E-state index contributed by atoms with van der Waals surface area (Å²) in [7, 11) is 1.59. The lowest BCUT2D eigenvalue weighted by atomic mass is 10.0. The summed E-state index contributed by atoms with van der Waals surface area (Å²) in [5, 5.41) is 10.0. The summed E-state index contributed by atoms with van der Waals surface area (Å²) in [5.41, 5.74) is 6.84. The summed E-state index contributed by atoms with van der Waals surface area (Å²) >= 11 is 3.30. The van der Waals surface area contributed by atoms with Gasteiger partial charge >= 0.3 is 0 Å².